The number of hydrogen-bond acceptors (Lipinski definition) is 4. The summed E-state index contributed by atoms with van der Waals surface area (Å²) in [5, 5.41) is 7.91. The number of rotatable bonds is 6. The normalized spacial score (nSPS) is 8.73. The predicted octanol–water partition coefficient (Wildman–Crippen LogP) is 1.46. The SMILES string of the molecule is CCCC(=O)O.CCOCCOC(C)=O. The van der Waals surface area contributed by atoms with E-state index < -0.39 is 5.97 Å². The zero-order valence-electron chi connectivity index (χ0n) is 9.62. The summed E-state index contributed by atoms with van der Waals surface area (Å²) in [5.41, 5.74) is 0. The topological polar surface area (TPSA) is 72.8 Å². The largest absolute Gasteiger partial charge is 0.481 e. The fourth-order valence-corrected chi connectivity index (χ4v) is 0.603. The van der Waals surface area contributed by atoms with E-state index in [2.05, 4.69) is 4.74 Å². The number of carbonyl (C=O) groups is 2. The molecule has 0 fully saturated rings. The zero-order chi connectivity index (χ0) is 12.1. The molecular formula is C10H20O5. The van der Waals surface area contributed by atoms with Gasteiger partial charge in [0.05, 0.1) is 6.61 Å². The number of ether oxygens (including phenoxy) is 2. The van der Waals surface area contributed by atoms with Gasteiger partial charge in [0, 0.05) is 20.0 Å². The van der Waals surface area contributed by atoms with Crippen LogP contribution in [-0.4, -0.2) is 36.9 Å². The van der Waals surface area contributed by atoms with Gasteiger partial charge in [-0.25, -0.2) is 0 Å². The molecule has 0 heterocycles. The lowest BCUT2D eigenvalue weighted by Gasteiger charge is -1.99. The van der Waals surface area contributed by atoms with Gasteiger partial charge in [-0.15, -0.1) is 0 Å². The van der Waals surface area contributed by atoms with Crippen LogP contribution in [0.1, 0.15) is 33.6 Å². The first-order valence-corrected chi connectivity index (χ1v) is 4.97. The monoisotopic (exact) mass is 220 g/mol. The molecular weight excluding hydrogens is 200 g/mol. The minimum absolute atomic E-state index is 0.255. The highest BCUT2D eigenvalue weighted by Crippen LogP contribution is 1.82. The molecule has 1 N–H and O–H groups in total. The maximum Gasteiger partial charge on any atom is 0.303 e. The molecule has 5 heteroatoms. The highest BCUT2D eigenvalue weighted by molar-refractivity contribution is 5.66. The van der Waals surface area contributed by atoms with Crippen molar-refractivity contribution in [3.63, 3.8) is 0 Å². The first-order valence-electron chi connectivity index (χ1n) is 4.97. The molecule has 0 atom stereocenters. The Bertz CT molecular complexity index is 167. The van der Waals surface area contributed by atoms with E-state index in [1.807, 2.05) is 13.8 Å². The summed E-state index contributed by atoms with van der Waals surface area (Å²) in [4.78, 5) is 19.7. The van der Waals surface area contributed by atoms with Gasteiger partial charge in [-0.3, -0.25) is 9.59 Å². The second-order valence-electron chi connectivity index (χ2n) is 2.68. The average Bonchev–Trinajstić information content (AvgIpc) is 2.13. The molecule has 0 aliphatic carbocycles. The van der Waals surface area contributed by atoms with Gasteiger partial charge < -0.3 is 14.6 Å². The zero-order valence-corrected chi connectivity index (χ0v) is 9.62. The van der Waals surface area contributed by atoms with Crippen molar-refractivity contribution in [2.45, 2.75) is 33.6 Å². The van der Waals surface area contributed by atoms with Crippen LogP contribution < -0.4 is 0 Å². The van der Waals surface area contributed by atoms with Crippen molar-refractivity contribution in [1.82, 2.24) is 0 Å². The Balaban J connectivity index is 0. The van der Waals surface area contributed by atoms with E-state index in [9.17, 15) is 9.59 Å². The highest BCUT2D eigenvalue weighted by Gasteiger charge is 1.89. The highest BCUT2D eigenvalue weighted by atomic mass is 16.6. The van der Waals surface area contributed by atoms with Crippen molar-refractivity contribution in [1.29, 1.82) is 0 Å². The molecule has 0 bridgehead atoms. The molecule has 0 aromatic carbocycles. The molecule has 0 spiro atoms. The number of hydrogen-bond donors (Lipinski definition) is 1. The molecule has 0 aromatic rings. The number of carbonyl (C=O) groups excluding carboxylic acids is 1. The fourth-order valence-electron chi connectivity index (χ4n) is 0.603. The summed E-state index contributed by atoms with van der Waals surface area (Å²) in [5.74, 6) is -0.966. The molecule has 90 valence electrons. The Labute approximate surface area is 90.4 Å². The number of carboxylic acid groups (broad SMARTS) is 1. The Kier molecular flexibility index (Phi) is 14.0. The molecule has 0 aliphatic heterocycles. The van der Waals surface area contributed by atoms with E-state index in [-0.39, 0.29) is 5.97 Å². The number of carboxylic acids is 1. The third kappa shape index (κ3) is 24.6. The molecule has 0 unspecified atom stereocenters. The van der Waals surface area contributed by atoms with E-state index in [0.29, 0.717) is 26.2 Å². The Morgan fingerprint density at radius 3 is 2.07 bits per heavy atom. The third-order valence-electron chi connectivity index (χ3n) is 1.20. The summed E-state index contributed by atoms with van der Waals surface area (Å²) >= 11 is 0. The van der Waals surface area contributed by atoms with Gasteiger partial charge in [0.25, 0.3) is 0 Å². The average molecular weight is 220 g/mol. The summed E-state index contributed by atoms with van der Waals surface area (Å²) < 4.78 is 9.49. The van der Waals surface area contributed by atoms with Gasteiger partial charge in [0.1, 0.15) is 6.61 Å². The molecule has 0 amide bonds. The quantitative estimate of drug-likeness (QED) is 0.542. The summed E-state index contributed by atoms with van der Waals surface area (Å²) in [6.07, 6.45) is 1.02. The molecule has 0 saturated carbocycles. The van der Waals surface area contributed by atoms with E-state index in [1.165, 1.54) is 6.92 Å². The maximum atomic E-state index is 10.1. The van der Waals surface area contributed by atoms with Gasteiger partial charge in [0.2, 0.25) is 0 Å². The Morgan fingerprint density at radius 2 is 1.80 bits per heavy atom. The first-order chi connectivity index (χ1) is 7.04. The van der Waals surface area contributed by atoms with Crippen LogP contribution in [0.4, 0.5) is 0 Å². The van der Waals surface area contributed by atoms with Crippen molar-refractivity contribution in [2.75, 3.05) is 19.8 Å². The van der Waals surface area contributed by atoms with Gasteiger partial charge >= 0.3 is 11.9 Å². The van der Waals surface area contributed by atoms with E-state index in [1.54, 1.807) is 0 Å². The minimum Gasteiger partial charge on any atom is -0.481 e. The summed E-state index contributed by atoms with van der Waals surface area (Å²) in [6.45, 7) is 6.65. The van der Waals surface area contributed by atoms with Crippen molar-refractivity contribution >= 4 is 11.9 Å². The lowest BCUT2D eigenvalue weighted by molar-refractivity contribution is -0.142. The number of esters is 1. The van der Waals surface area contributed by atoms with Crippen LogP contribution in [0.2, 0.25) is 0 Å². The van der Waals surface area contributed by atoms with E-state index in [4.69, 9.17) is 9.84 Å². The predicted molar refractivity (Wildman–Crippen MR) is 55.7 cm³/mol. The smallest absolute Gasteiger partial charge is 0.303 e. The lowest BCUT2D eigenvalue weighted by atomic mass is 10.4. The fraction of sp³-hybridized carbons (Fsp3) is 0.800. The maximum absolute atomic E-state index is 10.1. The third-order valence-corrected chi connectivity index (χ3v) is 1.20. The van der Waals surface area contributed by atoms with E-state index >= 15 is 0 Å². The van der Waals surface area contributed by atoms with Gasteiger partial charge in [-0.2, -0.15) is 0 Å². The molecule has 0 aromatic heterocycles. The second-order valence-corrected chi connectivity index (χ2v) is 2.68. The molecule has 0 radical (unpaired) electrons. The second kappa shape index (κ2) is 12.9. The van der Waals surface area contributed by atoms with Gasteiger partial charge in [-0.1, -0.05) is 6.92 Å². The van der Waals surface area contributed by atoms with E-state index in [0.717, 1.165) is 6.42 Å². The minimum atomic E-state index is -0.711. The van der Waals surface area contributed by atoms with Crippen molar-refractivity contribution < 1.29 is 24.2 Å². The van der Waals surface area contributed by atoms with Crippen LogP contribution in [0.15, 0.2) is 0 Å². The molecule has 0 rings (SSSR count). The van der Waals surface area contributed by atoms with Crippen molar-refractivity contribution in [3.05, 3.63) is 0 Å². The molecule has 0 aliphatic rings. The summed E-state index contributed by atoms with van der Waals surface area (Å²) in [7, 11) is 0. The van der Waals surface area contributed by atoms with Gasteiger partial charge in [-0.05, 0) is 13.3 Å². The van der Waals surface area contributed by atoms with Crippen LogP contribution in [0, 0.1) is 0 Å². The van der Waals surface area contributed by atoms with Crippen molar-refractivity contribution in [2.24, 2.45) is 0 Å². The number of aliphatic carboxylic acids is 1. The molecule has 5 nitrogen and oxygen atoms in total. The summed E-state index contributed by atoms with van der Waals surface area (Å²) in [6, 6.07) is 0. The van der Waals surface area contributed by atoms with Crippen LogP contribution in [0.25, 0.3) is 0 Å². The first kappa shape index (κ1) is 16.3. The Morgan fingerprint density at radius 1 is 1.20 bits per heavy atom. The van der Waals surface area contributed by atoms with Crippen LogP contribution in [0.5, 0.6) is 0 Å². The lowest BCUT2D eigenvalue weighted by Crippen LogP contribution is -2.06. The van der Waals surface area contributed by atoms with Crippen LogP contribution in [0.3, 0.4) is 0 Å². The molecule has 0 saturated heterocycles. The van der Waals surface area contributed by atoms with Crippen LogP contribution >= 0.6 is 0 Å². The Hall–Kier alpha value is -1.10. The van der Waals surface area contributed by atoms with Crippen LogP contribution in [-0.2, 0) is 19.1 Å². The van der Waals surface area contributed by atoms with Crippen molar-refractivity contribution in [3.8, 4) is 0 Å². The molecule has 15 heavy (non-hydrogen) atoms. The standard InChI is InChI=1S/C6H12O3.C4H8O2/c1-3-8-4-5-9-6(2)7;1-2-3-4(5)6/h3-5H2,1-2H3;2-3H2,1H3,(H,5,6). The van der Waals surface area contributed by atoms with Gasteiger partial charge in [0.15, 0.2) is 0 Å².